The fourth-order valence-corrected chi connectivity index (χ4v) is 4.12. The van der Waals surface area contributed by atoms with Crippen molar-refractivity contribution in [3.05, 3.63) is 64.7 Å². The molecule has 0 heterocycles. The highest BCUT2D eigenvalue weighted by molar-refractivity contribution is 7.99. The van der Waals surface area contributed by atoms with Gasteiger partial charge in [0.15, 0.2) is 0 Å². The van der Waals surface area contributed by atoms with Gasteiger partial charge in [-0.15, -0.1) is 11.8 Å². The summed E-state index contributed by atoms with van der Waals surface area (Å²) in [6.45, 7) is 4.17. The van der Waals surface area contributed by atoms with Gasteiger partial charge in [0.1, 0.15) is 0 Å². The number of thioether (sulfide) groups is 1. The minimum atomic E-state index is 0.0109. The number of fused-ring (bicyclic) bond motifs is 1. The molecule has 0 unspecified atom stereocenters. The van der Waals surface area contributed by atoms with Crippen molar-refractivity contribution in [2.75, 3.05) is 5.75 Å². The quantitative estimate of drug-likeness (QED) is 0.762. The van der Waals surface area contributed by atoms with Gasteiger partial charge in [0.2, 0.25) is 0 Å². The summed E-state index contributed by atoms with van der Waals surface area (Å²) in [5.74, 6) is 0.974. The van der Waals surface area contributed by atoms with Gasteiger partial charge in [-0.25, -0.2) is 0 Å². The molecule has 0 radical (unpaired) electrons. The van der Waals surface area contributed by atoms with E-state index in [0.29, 0.717) is 0 Å². The molecule has 1 aliphatic carbocycles. The zero-order chi connectivity index (χ0) is 16.9. The van der Waals surface area contributed by atoms with Gasteiger partial charge in [-0.2, -0.15) is 0 Å². The number of benzene rings is 2. The summed E-state index contributed by atoms with van der Waals surface area (Å²) >= 11 is 1.71. The van der Waals surface area contributed by atoms with Gasteiger partial charge in [-0.3, -0.25) is 4.79 Å². The average molecular weight is 340 g/mol. The Labute approximate surface area is 149 Å². The van der Waals surface area contributed by atoms with Crippen LogP contribution in [0.15, 0.2) is 47.4 Å². The van der Waals surface area contributed by atoms with Crippen LogP contribution in [0.25, 0.3) is 0 Å². The third kappa shape index (κ3) is 3.84. The minimum Gasteiger partial charge on any atom is -0.345 e. The Morgan fingerprint density at radius 2 is 1.88 bits per heavy atom. The largest absolute Gasteiger partial charge is 0.345 e. The Balaban J connectivity index is 1.75. The summed E-state index contributed by atoms with van der Waals surface area (Å²) in [6, 6.07) is 14.6. The van der Waals surface area contributed by atoms with Crippen LogP contribution in [0.3, 0.4) is 0 Å². The number of aryl methyl sites for hydroxylation is 2. The van der Waals surface area contributed by atoms with Crippen molar-refractivity contribution in [2.45, 2.75) is 50.5 Å². The van der Waals surface area contributed by atoms with E-state index in [0.717, 1.165) is 16.2 Å². The Kier molecular flexibility index (Phi) is 5.62. The summed E-state index contributed by atoms with van der Waals surface area (Å²) in [5, 5.41) is 3.17. The molecule has 0 spiro atoms. The number of hydrogen-bond donors (Lipinski definition) is 1. The van der Waals surface area contributed by atoms with E-state index >= 15 is 0 Å². The molecule has 1 amide bonds. The molecule has 0 saturated carbocycles. The van der Waals surface area contributed by atoms with E-state index in [1.807, 2.05) is 24.3 Å². The van der Waals surface area contributed by atoms with Gasteiger partial charge in [0, 0.05) is 4.90 Å². The lowest BCUT2D eigenvalue weighted by Crippen LogP contribution is -2.27. The first-order chi connectivity index (χ1) is 11.7. The molecule has 0 aromatic heterocycles. The van der Waals surface area contributed by atoms with Crippen molar-refractivity contribution >= 4 is 17.7 Å². The topological polar surface area (TPSA) is 29.1 Å². The van der Waals surface area contributed by atoms with E-state index in [2.05, 4.69) is 37.4 Å². The van der Waals surface area contributed by atoms with Crippen LogP contribution in [0.2, 0.25) is 0 Å². The average Bonchev–Trinajstić information content (AvgIpc) is 2.62. The fraction of sp³-hybridized carbons (Fsp3) is 0.381. The van der Waals surface area contributed by atoms with E-state index in [9.17, 15) is 4.79 Å². The van der Waals surface area contributed by atoms with Gasteiger partial charge in [-0.1, -0.05) is 37.3 Å². The lowest BCUT2D eigenvalue weighted by Gasteiger charge is -2.20. The molecule has 0 bridgehead atoms. The number of amides is 1. The zero-order valence-corrected chi connectivity index (χ0v) is 15.3. The lowest BCUT2D eigenvalue weighted by molar-refractivity contribution is 0.0937. The van der Waals surface area contributed by atoms with E-state index in [1.165, 1.54) is 42.4 Å². The maximum atomic E-state index is 12.7. The number of nitrogens with one attached hydrogen (secondary N) is 1. The first kappa shape index (κ1) is 17.1. The van der Waals surface area contributed by atoms with Crippen molar-refractivity contribution in [1.82, 2.24) is 5.32 Å². The van der Waals surface area contributed by atoms with E-state index < -0.39 is 0 Å². The summed E-state index contributed by atoms with van der Waals surface area (Å²) in [7, 11) is 0. The Hall–Kier alpha value is -1.74. The number of rotatable bonds is 5. The van der Waals surface area contributed by atoms with Crippen molar-refractivity contribution in [1.29, 1.82) is 0 Å². The molecule has 2 aromatic rings. The van der Waals surface area contributed by atoms with Gasteiger partial charge in [-0.05, 0) is 67.2 Å². The highest BCUT2D eigenvalue weighted by Crippen LogP contribution is 2.26. The maximum Gasteiger partial charge on any atom is 0.252 e. The van der Waals surface area contributed by atoms with Gasteiger partial charge in [0.05, 0.1) is 11.6 Å². The monoisotopic (exact) mass is 339 g/mol. The van der Waals surface area contributed by atoms with Crippen LogP contribution in [0, 0.1) is 0 Å². The van der Waals surface area contributed by atoms with Crippen molar-refractivity contribution < 1.29 is 4.79 Å². The number of hydrogen-bond acceptors (Lipinski definition) is 2. The predicted molar refractivity (Wildman–Crippen MR) is 102 cm³/mol. The fourth-order valence-electron chi connectivity index (χ4n) is 3.32. The standard InChI is InChI=1S/C21H25NOS/c1-3-24-20-11-7-6-10-19(20)21(23)22-15(2)17-13-12-16-8-4-5-9-18(16)14-17/h6-7,10-15H,3-5,8-9H2,1-2H3,(H,22,23)/t15-/m0/s1. The third-order valence-corrected chi connectivity index (χ3v) is 5.61. The molecule has 0 fully saturated rings. The molecule has 2 nitrogen and oxygen atoms in total. The number of carbonyl (C=O) groups is 1. The van der Waals surface area contributed by atoms with Gasteiger partial charge in [0.25, 0.3) is 5.91 Å². The van der Waals surface area contributed by atoms with Crippen molar-refractivity contribution in [3.8, 4) is 0 Å². The summed E-state index contributed by atoms with van der Waals surface area (Å²) in [6.07, 6.45) is 4.93. The molecule has 0 aliphatic heterocycles. The van der Waals surface area contributed by atoms with Gasteiger partial charge < -0.3 is 5.32 Å². The normalized spacial score (nSPS) is 14.8. The first-order valence-corrected chi connectivity index (χ1v) is 9.82. The van der Waals surface area contributed by atoms with Crippen LogP contribution in [-0.2, 0) is 12.8 Å². The predicted octanol–water partition coefficient (Wildman–Crippen LogP) is 5.17. The van der Waals surface area contributed by atoms with Crippen molar-refractivity contribution in [3.63, 3.8) is 0 Å². The van der Waals surface area contributed by atoms with E-state index in [4.69, 9.17) is 0 Å². The van der Waals surface area contributed by atoms with Crippen LogP contribution >= 0.6 is 11.8 Å². The SMILES string of the molecule is CCSc1ccccc1C(=O)N[C@@H](C)c1ccc2c(c1)CCCC2. The van der Waals surface area contributed by atoms with Gasteiger partial charge >= 0.3 is 0 Å². The third-order valence-electron chi connectivity index (χ3n) is 4.65. The highest BCUT2D eigenvalue weighted by atomic mass is 32.2. The Morgan fingerprint density at radius 1 is 1.12 bits per heavy atom. The molecule has 24 heavy (non-hydrogen) atoms. The molecule has 1 atom stereocenters. The second-order valence-electron chi connectivity index (χ2n) is 6.36. The summed E-state index contributed by atoms with van der Waals surface area (Å²) in [5.41, 5.74) is 4.91. The molecule has 1 N–H and O–H groups in total. The zero-order valence-electron chi connectivity index (χ0n) is 14.5. The molecule has 126 valence electrons. The highest BCUT2D eigenvalue weighted by Gasteiger charge is 2.16. The first-order valence-electron chi connectivity index (χ1n) is 8.83. The van der Waals surface area contributed by atoms with Crippen LogP contribution in [-0.4, -0.2) is 11.7 Å². The van der Waals surface area contributed by atoms with Crippen LogP contribution in [0.5, 0.6) is 0 Å². The van der Waals surface area contributed by atoms with Crippen LogP contribution in [0.1, 0.15) is 59.8 Å². The molecule has 2 aromatic carbocycles. The summed E-state index contributed by atoms with van der Waals surface area (Å²) in [4.78, 5) is 13.7. The smallest absolute Gasteiger partial charge is 0.252 e. The molecule has 3 heteroatoms. The van der Waals surface area contributed by atoms with E-state index in [1.54, 1.807) is 11.8 Å². The van der Waals surface area contributed by atoms with Crippen LogP contribution in [0.4, 0.5) is 0 Å². The second kappa shape index (κ2) is 7.89. The molecule has 1 aliphatic rings. The molecule has 3 rings (SSSR count). The van der Waals surface area contributed by atoms with Crippen molar-refractivity contribution in [2.24, 2.45) is 0 Å². The minimum absolute atomic E-state index is 0.0109. The maximum absolute atomic E-state index is 12.7. The lowest BCUT2D eigenvalue weighted by atomic mass is 9.89. The number of carbonyl (C=O) groups excluding carboxylic acids is 1. The van der Waals surface area contributed by atoms with E-state index in [-0.39, 0.29) is 11.9 Å². The van der Waals surface area contributed by atoms with Crippen LogP contribution < -0.4 is 5.32 Å². The molecular formula is C21H25NOS. The molecular weight excluding hydrogens is 314 g/mol. The summed E-state index contributed by atoms with van der Waals surface area (Å²) < 4.78 is 0. The molecule has 0 saturated heterocycles. The Morgan fingerprint density at radius 3 is 2.67 bits per heavy atom. The Bertz CT molecular complexity index is 726. The second-order valence-corrected chi connectivity index (χ2v) is 7.67.